The molecule has 1 aromatic heterocycles. The molecule has 0 bridgehead atoms. The summed E-state index contributed by atoms with van der Waals surface area (Å²) in [7, 11) is 0. The Morgan fingerprint density at radius 2 is 1.70 bits per heavy atom. The van der Waals surface area contributed by atoms with Gasteiger partial charge in [0.2, 0.25) is 5.91 Å². The van der Waals surface area contributed by atoms with Crippen molar-refractivity contribution in [2.24, 2.45) is 0 Å². The van der Waals surface area contributed by atoms with E-state index >= 15 is 0 Å². The number of para-hydroxylation sites is 1. The Morgan fingerprint density at radius 1 is 0.967 bits per heavy atom. The van der Waals surface area contributed by atoms with Crippen LogP contribution in [0.4, 0.5) is 10.1 Å². The molecule has 0 saturated heterocycles. The maximum absolute atomic E-state index is 13.2. The van der Waals surface area contributed by atoms with Crippen LogP contribution in [0.15, 0.2) is 79.0 Å². The zero-order chi connectivity index (χ0) is 20.7. The van der Waals surface area contributed by atoms with Gasteiger partial charge in [0.1, 0.15) is 12.4 Å². The second-order valence-corrected chi connectivity index (χ2v) is 7.27. The van der Waals surface area contributed by atoms with Crippen molar-refractivity contribution in [3.8, 4) is 0 Å². The quantitative estimate of drug-likeness (QED) is 0.531. The highest BCUT2D eigenvalue weighted by Crippen LogP contribution is 2.40. The molecule has 0 fully saturated rings. The van der Waals surface area contributed by atoms with E-state index < -0.39 is 0 Å². The number of nitrogens with zero attached hydrogens (tertiary/aromatic N) is 1. The van der Waals surface area contributed by atoms with Crippen molar-refractivity contribution >= 4 is 28.4 Å². The van der Waals surface area contributed by atoms with E-state index in [4.69, 9.17) is 0 Å². The van der Waals surface area contributed by atoms with E-state index in [-0.39, 0.29) is 30.2 Å². The van der Waals surface area contributed by atoms with Gasteiger partial charge in [0.05, 0.1) is 6.04 Å². The number of amides is 2. The highest BCUT2D eigenvalue weighted by molar-refractivity contribution is 6.04. The highest BCUT2D eigenvalue weighted by Gasteiger charge is 2.39. The first-order valence-corrected chi connectivity index (χ1v) is 9.63. The van der Waals surface area contributed by atoms with Crippen LogP contribution in [0.25, 0.3) is 10.9 Å². The molecule has 2 N–H and O–H groups in total. The molecular weight excluding hydrogens is 381 g/mol. The second-order valence-electron chi connectivity index (χ2n) is 7.27. The first-order chi connectivity index (χ1) is 14.6. The molecule has 0 radical (unpaired) electrons. The number of H-pyrrole nitrogens is 1. The van der Waals surface area contributed by atoms with Gasteiger partial charge in [-0.15, -0.1) is 0 Å². The Kier molecular flexibility index (Phi) is 4.32. The average Bonchev–Trinajstić information content (AvgIpc) is 3.29. The number of benzene rings is 3. The molecule has 1 atom stereocenters. The van der Waals surface area contributed by atoms with Crippen molar-refractivity contribution in [3.63, 3.8) is 0 Å². The molecule has 148 valence electrons. The minimum atomic E-state index is -0.377. The molecule has 6 heteroatoms. The fraction of sp³-hybridized carbons (Fsp3) is 0.0833. The number of hydrogen-bond acceptors (Lipinski definition) is 2. The lowest BCUT2D eigenvalue weighted by Gasteiger charge is -2.25. The SMILES string of the molecule is O=C(CN1C(=O)c2ccccc2[C@@H]1c1c[nH]c2ccccc12)Nc1ccc(F)cc1. The number of anilines is 1. The lowest BCUT2D eigenvalue weighted by Crippen LogP contribution is -2.36. The minimum Gasteiger partial charge on any atom is -0.361 e. The Labute approximate surface area is 172 Å². The van der Waals surface area contributed by atoms with Gasteiger partial charge < -0.3 is 15.2 Å². The van der Waals surface area contributed by atoms with E-state index in [1.54, 1.807) is 11.0 Å². The van der Waals surface area contributed by atoms with Gasteiger partial charge in [0.25, 0.3) is 5.91 Å². The van der Waals surface area contributed by atoms with Crippen LogP contribution >= 0.6 is 0 Å². The topological polar surface area (TPSA) is 65.2 Å². The lowest BCUT2D eigenvalue weighted by molar-refractivity contribution is -0.117. The molecule has 1 aliphatic rings. The number of carbonyl (C=O) groups excluding carboxylic acids is 2. The van der Waals surface area contributed by atoms with Crippen molar-refractivity contribution in [2.45, 2.75) is 6.04 Å². The molecule has 0 saturated carbocycles. The van der Waals surface area contributed by atoms with Crippen LogP contribution in [0.2, 0.25) is 0 Å². The van der Waals surface area contributed by atoms with E-state index in [0.717, 1.165) is 22.0 Å². The number of carbonyl (C=O) groups is 2. The Balaban J connectivity index is 1.50. The third-order valence-corrected chi connectivity index (χ3v) is 5.42. The van der Waals surface area contributed by atoms with Crippen LogP contribution in [-0.4, -0.2) is 28.2 Å². The molecule has 0 unspecified atom stereocenters. The fourth-order valence-corrected chi connectivity index (χ4v) is 4.08. The van der Waals surface area contributed by atoms with Crippen LogP contribution in [0, 0.1) is 5.82 Å². The van der Waals surface area contributed by atoms with Crippen LogP contribution in [-0.2, 0) is 4.79 Å². The first kappa shape index (κ1) is 18.1. The van der Waals surface area contributed by atoms with E-state index in [9.17, 15) is 14.0 Å². The monoisotopic (exact) mass is 399 g/mol. The van der Waals surface area contributed by atoms with Crippen molar-refractivity contribution in [2.75, 3.05) is 11.9 Å². The van der Waals surface area contributed by atoms with Gasteiger partial charge in [-0.2, -0.15) is 0 Å². The normalized spacial score (nSPS) is 15.4. The number of hydrogen-bond donors (Lipinski definition) is 2. The Hall–Kier alpha value is -3.93. The molecule has 0 spiro atoms. The molecule has 2 amide bonds. The molecule has 5 nitrogen and oxygen atoms in total. The van der Waals surface area contributed by atoms with E-state index in [0.29, 0.717) is 11.3 Å². The van der Waals surface area contributed by atoms with Gasteiger partial charge in [-0.1, -0.05) is 36.4 Å². The van der Waals surface area contributed by atoms with Gasteiger partial charge >= 0.3 is 0 Å². The average molecular weight is 399 g/mol. The lowest BCUT2D eigenvalue weighted by atomic mass is 9.97. The van der Waals surface area contributed by atoms with Crippen LogP contribution in [0.3, 0.4) is 0 Å². The van der Waals surface area contributed by atoms with Gasteiger partial charge in [0.15, 0.2) is 0 Å². The molecule has 3 aromatic carbocycles. The van der Waals surface area contributed by atoms with Gasteiger partial charge in [-0.25, -0.2) is 4.39 Å². The largest absolute Gasteiger partial charge is 0.361 e. The second kappa shape index (κ2) is 7.15. The van der Waals surface area contributed by atoms with E-state index in [1.165, 1.54) is 24.3 Å². The van der Waals surface area contributed by atoms with Gasteiger partial charge in [-0.05, 0) is 42.0 Å². The predicted octanol–water partition coefficient (Wildman–Crippen LogP) is 4.49. The molecule has 4 aromatic rings. The number of aromatic nitrogens is 1. The highest BCUT2D eigenvalue weighted by atomic mass is 19.1. The Bertz CT molecular complexity index is 1260. The van der Waals surface area contributed by atoms with E-state index in [1.807, 2.05) is 48.7 Å². The predicted molar refractivity (Wildman–Crippen MR) is 113 cm³/mol. The standard InChI is InChI=1S/C24H18FN3O2/c25-15-9-11-16(12-10-15)27-22(29)14-28-23(18-6-1-2-7-19(18)24(28)30)20-13-26-21-8-4-3-5-17(20)21/h1-13,23,26H,14H2,(H,27,29)/t23-/m1/s1. The fourth-order valence-electron chi connectivity index (χ4n) is 4.08. The summed E-state index contributed by atoms with van der Waals surface area (Å²) in [4.78, 5) is 30.7. The summed E-state index contributed by atoms with van der Waals surface area (Å²) in [5, 5.41) is 3.75. The summed E-state index contributed by atoms with van der Waals surface area (Å²) in [6.07, 6.45) is 1.90. The third-order valence-electron chi connectivity index (χ3n) is 5.42. The number of rotatable bonds is 4. The molecule has 1 aliphatic heterocycles. The number of halogens is 1. The molecule has 30 heavy (non-hydrogen) atoms. The number of aromatic amines is 1. The zero-order valence-corrected chi connectivity index (χ0v) is 15.9. The van der Waals surface area contributed by atoms with Crippen molar-refractivity contribution in [1.29, 1.82) is 0 Å². The number of nitrogens with one attached hydrogen (secondary N) is 2. The van der Waals surface area contributed by atoms with E-state index in [2.05, 4.69) is 10.3 Å². The van der Waals surface area contributed by atoms with Crippen molar-refractivity contribution in [1.82, 2.24) is 9.88 Å². The first-order valence-electron chi connectivity index (χ1n) is 9.63. The minimum absolute atomic E-state index is 0.116. The molecular formula is C24H18FN3O2. The van der Waals surface area contributed by atoms with Gasteiger partial charge in [-0.3, -0.25) is 9.59 Å². The maximum atomic E-state index is 13.2. The summed E-state index contributed by atoms with van der Waals surface area (Å²) in [6, 6.07) is 20.5. The third kappa shape index (κ3) is 3.03. The summed E-state index contributed by atoms with van der Waals surface area (Å²) in [5.41, 5.74) is 3.87. The van der Waals surface area contributed by atoms with Crippen LogP contribution in [0.5, 0.6) is 0 Å². The van der Waals surface area contributed by atoms with Crippen molar-refractivity contribution in [3.05, 3.63) is 102 Å². The van der Waals surface area contributed by atoms with Crippen LogP contribution < -0.4 is 5.32 Å². The maximum Gasteiger partial charge on any atom is 0.255 e. The smallest absolute Gasteiger partial charge is 0.255 e. The summed E-state index contributed by atoms with van der Waals surface area (Å²) in [5.74, 6) is -0.902. The van der Waals surface area contributed by atoms with Crippen LogP contribution in [0.1, 0.15) is 27.5 Å². The van der Waals surface area contributed by atoms with Gasteiger partial charge in [0, 0.05) is 33.9 Å². The Morgan fingerprint density at radius 3 is 2.53 bits per heavy atom. The van der Waals surface area contributed by atoms with Crippen molar-refractivity contribution < 1.29 is 14.0 Å². The molecule has 0 aliphatic carbocycles. The molecule has 5 rings (SSSR count). The number of fused-ring (bicyclic) bond motifs is 2. The zero-order valence-electron chi connectivity index (χ0n) is 15.9. The summed E-state index contributed by atoms with van der Waals surface area (Å²) >= 11 is 0. The summed E-state index contributed by atoms with van der Waals surface area (Å²) < 4.78 is 13.1. The molecule has 2 heterocycles. The summed E-state index contributed by atoms with van der Waals surface area (Å²) in [6.45, 7) is -0.116.